The Morgan fingerprint density at radius 3 is 2.23 bits per heavy atom. The number of ether oxygens (including phenoxy) is 1. The fraction of sp³-hybridized carbons (Fsp3) is 0.242. The van der Waals surface area contributed by atoms with Crippen LogP contribution in [0.3, 0.4) is 0 Å². The Kier molecular flexibility index (Phi) is 8.49. The molecule has 0 atom stereocenters. The van der Waals surface area contributed by atoms with Crippen molar-refractivity contribution in [3.8, 4) is 11.1 Å². The van der Waals surface area contributed by atoms with E-state index in [0.717, 1.165) is 16.1 Å². The molecule has 10 nitrogen and oxygen atoms in total. The maximum absolute atomic E-state index is 13.1. The highest BCUT2D eigenvalue weighted by Gasteiger charge is 2.30. The van der Waals surface area contributed by atoms with E-state index < -0.39 is 4.92 Å². The van der Waals surface area contributed by atoms with Gasteiger partial charge in [0.25, 0.3) is 5.69 Å². The van der Waals surface area contributed by atoms with Crippen LogP contribution in [-0.2, 0) is 16.1 Å². The average Bonchev–Trinajstić information content (AvgIpc) is 3.56. The third-order valence-electron chi connectivity index (χ3n) is 7.88. The Labute approximate surface area is 258 Å². The molecule has 1 saturated heterocycles. The van der Waals surface area contributed by atoms with E-state index in [4.69, 9.17) is 4.74 Å². The summed E-state index contributed by atoms with van der Waals surface area (Å²) in [5.41, 5.74) is 6.32. The van der Waals surface area contributed by atoms with Crippen molar-refractivity contribution >= 4 is 46.3 Å². The second-order valence-electron chi connectivity index (χ2n) is 10.8. The average molecular weight is 610 g/mol. The molecule has 44 heavy (non-hydrogen) atoms. The first kappa shape index (κ1) is 29.2. The molecule has 2 heterocycles. The van der Waals surface area contributed by atoms with Crippen LogP contribution in [0.15, 0.2) is 72.8 Å². The SMILES string of the molecule is CC(=O)Nc1nc(C=Cc2ccc([N+](=O)[O-])cc2)c(CN2CCN(C(=O)OCC3c4ccccc4-c4ccccc43)CC2)s1. The predicted molar refractivity (Wildman–Crippen MR) is 170 cm³/mol. The molecular weight excluding hydrogens is 578 g/mol. The molecule has 224 valence electrons. The number of rotatable bonds is 8. The summed E-state index contributed by atoms with van der Waals surface area (Å²) >= 11 is 1.41. The number of nitro groups is 1. The summed E-state index contributed by atoms with van der Waals surface area (Å²) in [5, 5.41) is 14.2. The van der Waals surface area contributed by atoms with Crippen molar-refractivity contribution < 1.29 is 19.2 Å². The molecule has 2 amide bonds. The number of carbonyl (C=O) groups is 2. The fourth-order valence-electron chi connectivity index (χ4n) is 5.67. The van der Waals surface area contributed by atoms with Gasteiger partial charge in [0.2, 0.25) is 5.91 Å². The number of nitrogens with one attached hydrogen (secondary N) is 1. The van der Waals surface area contributed by atoms with Crippen molar-refractivity contribution in [3.05, 3.63) is 110 Å². The second-order valence-corrected chi connectivity index (χ2v) is 11.8. The molecule has 1 aromatic heterocycles. The highest BCUT2D eigenvalue weighted by molar-refractivity contribution is 7.16. The van der Waals surface area contributed by atoms with Crippen LogP contribution in [0.5, 0.6) is 0 Å². The van der Waals surface area contributed by atoms with Crippen LogP contribution >= 0.6 is 11.3 Å². The lowest BCUT2D eigenvalue weighted by Crippen LogP contribution is -2.48. The number of carbonyl (C=O) groups excluding carboxylic acids is 2. The van der Waals surface area contributed by atoms with Gasteiger partial charge in [0.05, 0.1) is 10.6 Å². The monoisotopic (exact) mass is 609 g/mol. The summed E-state index contributed by atoms with van der Waals surface area (Å²) in [4.78, 5) is 44.8. The van der Waals surface area contributed by atoms with E-state index in [9.17, 15) is 19.7 Å². The molecule has 4 aromatic rings. The molecule has 0 radical (unpaired) electrons. The van der Waals surface area contributed by atoms with Crippen LogP contribution in [0, 0.1) is 10.1 Å². The molecule has 1 aliphatic carbocycles. The summed E-state index contributed by atoms with van der Waals surface area (Å²) in [6.07, 6.45) is 3.39. The number of aromatic nitrogens is 1. The Morgan fingerprint density at radius 2 is 1.61 bits per heavy atom. The van der Waals surface area contributed by atoms with E-state index in [1.54, 1.807) is 17.0 Å². The summed E-state index contributed by atoms with van der Waals surface area (Å²) in [5.74, 6) is -0.179. The van der Waals surface area contributed by atoms with E-state index in [2.05, 4.69) is 39.5 Å². The van der Waals surface area contributed by atoms with Gasteiger partial charge in [0, 0.05) is 62.6 Å². The number of hydrogen-bond acceptors (Lipinski definition) is 8. The number of non-ortho nitro benzene ring substituents is 1. The largest absolute Gasteiger partial charge is 0.448 e. The molecule has 1 fully saturated rings. The number of piperazine rings is 1. The molecule has 0 bridgehead atoms. The molecule has 2 aliphatic rings. The van der Waals surface area contributed by atoms with Crippen molar-refractivity contribution in [3.63, 3.8) is 0 Å². The van der Waals surface area contributed by atoms with Crippen molar-refractivity contribution in [1.29, 1.82) is 0 Å². The van der Waals surface area contributed by atoms with Gasteiger partial charge in [-0.2, -0.15) is 0 Å². The Balaban J connectivity index is 1.07. The van der Waals surface area contributed by atoms with Crippen molar-refractivity contribution in [1.82, 2.24) is 14.8 Å². The molecule has 0 saturated carbocycles. The number of nitrogens with zero attached hydrogens (tertiary/aromatic N) is 4. The topological polar surface area (TPSA) is 118 Å². The zero-order chi connectivity index (χ0) is 30.6. The number of nitro benzene ring substituents is 1. The highest BCUT2D eigenvalue weighted by atomic mass is 32.1. The van der Waals surface area contributed by atoms with Crippen LogP contribution < -0.4 is 5.32 Å². The molecule has 6 rings (SSSR count). The maximum Gasteiger partial charge on any atom is 0.409 e. The Hall–Kier alpha value is -4.87. The minimum atomic E-state index is -0.432. The van der Waals surface area contributed by atoms with E-state index in [0.29, 0.717) is 44.5 Å². The Morgan fingerprint density at radius 1 is 0.977 bits per heavy atom. The van der Waals surface area contributed by atoms with Gasteiger partial charge in [-0.15, -0.1) is 0 Å². The minimum absolute atomic E-state index is 0.0225. The van der Waals surface area contributed by atoms with Gasteiger partial charge in [-0.25, -0.2) is 9.78 Å². The van der Waals surface area contributed by atoms with Gasteiger partial charge in [-0.3, -0.25) is 19.8 Å². The fourth-order valence-corrected chi connectivity index (χ4v) is 6.71. The van der Waals surface area contributed by atoms with Crippen LogP contribution in [0.2, 0.25) is 0 Å². The quantitative estimate of drug-likeness (QED) is 0.185. The van der Waals surface area contributed by atoms with Crippen LogP contribution in [0.4, 0.5) is 15.6 Å². The molecule has 1 N–H and O–H groups in total. The molecule has 11 heteroatoms. The third-order valence-corrected chi connectivity index (χ3v) is 8.85. The van der Waals surface area contributed by atoms with Gasteiger partial charge >= 0.3 is 6.09 Å². The van der Waals surface area contributed by atoms with E-state index in [1.165, 1.54) is 52.6 Å². The highest BCUT2D eigenvalue weighted by Crippen LogP contribution is 2.44. The van der Waals surface area contributed by atoms with Crippen LogP contribution in [0.25, 0.3) is 23.3 Å². The van der Waals surface area contributed by atoms with E-state index >= 15 is 0 Å². The number of thiazole rings is 1. The standard InChI is InChI=1S/C33H31N5O5S/c1-22(39)34-32-35-30(15-12-23-10-13-24(14-11-23)38(41)42)31(44-32)20-36-16-18-37(19-17-36)33(40)43-21-29-27-8-4-2-6-25(27)26-7-3-5-9-28(26)29/h2-15,29H,16-21H2,1H3,(H,34,35,39). The zero-order valence-electron chi connectivity index (χ0n) is 24.1. The van der Waals surface area contributed by atoms with E-state index in [1.807, 2.05) is 36.4 Å². The number of anilines is 1. The molecule has 1 aliphatic heterocycles. The third kappa shape index (κ3) is 6.38. The first-order valence-electron chi connectivity index (χ1n) is 14.4. The van der Waals surface area contributed by atoms with Gasteiger partial charge in [-0.1, -0.05) is 65.9 Å². The molecule has 3 aromatic carbocycles. The van der Waals surface area contributed by atoms with Crippen molar-refractivity contribution in [2.24, 2.45) is 0 Å². The van der Waals surface area contributed by atoms with Crippen LogP contribution in [-0.4, -0.2) is 64.5 Å². The van der Waals surface area contributed by atoms with Gasteiger partial charge in [0.15, 0.2) is 5.13 Å². The van der Waals surface area contributed by atoms with Gasteiger partial charge in [-0.05, 0) is 46.0 Å². The lowest BCUT2D eigenvalue weighted by atomic mass is 9.98. The summed E-state index contributed by atoms with van der Waals surface area (Å²) in [6, 6.07) is 22.9. The second kappa shape index (κ2) is 12.8. The summed E-state index contributed by atoms with van der Waals surface area (Å²) in [7, 11) is 0. The molecular formula is C33H31N5O5S. The Bertz CT molecular complexity index is 1680. The number of amides is 2. The van der Waals surface area contributed by atoms with Crippen molar-refractivity contribution in [2.45, 2.75) is 19.4 Å². The first-order chi connectivity index (χ1) is 21.4. The number of hydrogen-bond donors (Lipinski definition) is 1. The van der Waals surface area contributed by atoms with Crippen molar-refractivity contribution in [2.75, 3.05) is 38.1 Å². The zero-order valence-corrected chi connectivity index (χ0v) is 25.0. The predicted octanol–water partition coefficient (Wildman–Crippen LogP) is 6.25. The molecule has 0 spiro atoms. The molecule has 0 unspecified atom stereocenters. The minimum Gasteiger partial charge on any atom is -0.448 e. The smallest absolute Gasteiger partial charge is 0.409 e. The normalized spacial score (nSPS) is 14.8. The lowest BCUT2D eigenvalue weighted by molar-refractivity contribution is -0.384. The number of fused-ring (bicyclic) bond motifs is 3. The van der Waals surface area contributed by atoms with Crippen LogP contribution in [0.1, 0.15) is 40.1 Å². The first-order valence-corrected chi connectivity index (χ1v) is 15.2. The summed E-state index contributed by atoms with van der Waals surface area (Å²) < 4.78 is 5.86. The maximum atomic E-state index is 13.1. The van der Waals surface area contributed by atoms with E-state index in [-0.39, 0.29) is 23.6 Å². The summed E-state index contributed by atoms with van der Waals surface area (Å²) in [6.45, 7) is 4.77. The lowest BCUT2D eigenvalue weighted by Gasteiger charge is -2.34. The van der Waals surface area contributed by atoms with Gasteiger partial charge < -0.3 is 15.0 Å². The van der Waals surface area contributed by atoms with Gasteiger partial charge in [0.1, 0.15) is 6.61 Å². The number of benzene rings is 3.